The van der Waals surface area contributed by atoms with E-state index in [1.54, 1.807) is 0 Å². The molecule has 0 heterocycles. The van der Waals surface area contributed by atoms with E-state index < -0.39 is 24.6 Å². The van der Waals surface area contributed by atoms with Crippen molar-refractivity contribution in [1.82, 2.24) is 0 Å². The van der Waals surface area contributed by atoms with E-state index in [1.165, 1.54) is 0 Å². The summed E-state index contributed by atoms with van der Waals surface area (Å²) in [5.74, 6) is -0.564. The molecule has 0 aliphatic rings. The first-order valence-corrected chi connectivity index (χ1v) is 7.77. The SMILES string of the molecule is CCCC(N)P(=O)(OC(C)(C)C)OC(C)(C)C. The summed E-state index contributed by atoms with van der Waals surface area (Å²) in [7, 11) is -3.29. The highest BCUT2D eigenvalue weighted by atomic mass is 31.2. The number of rotatable bonds is 5. The fourth-order valence-corrected chi connectivity index (χ4v) is 3.78. The molecule has 0 bridgehead atoms. The van der Waals surface area contributed by atoms with Gasteiger partial charge in [0.2, 0.25) is 0 Å². The second kappa shape index (κ2) is 5.83. The molecule has 104 valence electrons. The van der Waals surface area contributed by atoms with E-state index in [-0.39, 0.29) is 0 Å². The topological polar surface area (TPSA) is 61.6 Å². The van der Waals surface area contributed by atoms with Gasteiger partial charge in [0, 0.05) is 0 Å². The first-order valence-electron chi connectivity index (χ1n) is 6.16. The summed E-state index contributed by atoms with van der Waals surface area (Å²) in [6.45, 7) is 13.1. The van der Waals surface area contributed by atoms with E-state index in [0.717, 1.165) is 6.42 Å². The predicted molar refractivity (Wildman–Crippen MR) is 72.2 cm³/mol. The van der Waals surface area contributed by atoms with Gasteiger partial charge in [-0.05, 0) is 48.0 Å². The Morgan fingerprint density at radius 3 is 1.65 bits per heavy atom. The third-order valence-electron chi connectivity index (χ3n) is 1.79. The highest BCUT2D eigenvalue weighted by Crippen LogP contribution is 2.57. The molecule has 0 rings (SSSR count). The van der Waals surface area contributed by atoms with Gasteiger partial charge in [-0.3, -0.25) is 4.57 Å². The van der Waals surface area contributed by atoms with Crippen molar-refractivity contribution in [2.75, 3.05) is 0 Å². The molecule has 5 heteroatoms. The maximum absolute atomic E-state index is 12.8. The van der Waals surface area contributed by atoms with E-state index in [9.17, 15) is 4.57 Å². The van der Waals surface area contributed by atoms with Crippen LogP contribution in [0.4, 0.5) is 0 Å². The average molecular weight is 265 g/mol. The van der Waals surface area contributed by atoms with Crippen LogP contribution in [0.25, 0.3) is 0 Å². The number of hydrogen-bond donors (Lipinski definition) is 1. The molecule has 0 saturated carbocycles. The van der Waals surface area contributed by atoms with Gasteiger partial charge in [0.25, 0.3) is 0 Å². The van der Waals surface area contributed by atoms with Gasteiger partial charge in [-0.25, -0.2) is 0 Å². The second-order valence-corrected chi connectivity index (χ2v) is 8.41. The van der Waals surface area contributed by atoms with Crippen LogP contribution in [-0.4, -0.2) is 17.0 Å². The molecular formula is C12H28NO3P. The molecule has 0 saturated heterocycles. The molecule has 1 unspecified atom stereocenters. The van der Waals surface area contributed by atoms with Crippen LogP contribution in [0.15, 0.2) is 0 Å². The van der Waals surface area contributed by atoms with Crippen molar-refractivity contribution in [2.24, 2.45) is 5.73 Å². The quantitative estimate of drug-likeness (QED) is 0.766. The summed E-state index contributed by atoms with van der Waals surface area (Å²) < 4.78 is 24.0. The van der Waals surface area contributed by atoms with Gasteiger partial charge in [0.05, 0.1) is 11.2 Å². The lowest BCUT2D eigenvalue weighted by atomic mass is 10.2. The van der Waals surface area contributed by atoms with Crippen LogP contribution in [0.2, 0.25) is 0 Å². The van der Waals surface area contributed by atoms with Crippen molar-refractivity contribution < 1.29 is 13.6 Å². The molecule has 17 heavy (non-hydrogen) atoms. The molecule has 0 aromatic carbocycles. The third-order valence-corrected chi connectivity index (χ3v) is 4.47. The summed E-state index contributed by atoms with van der Waals surface area (Å²) in [6, 6.07) is 0. The Balaban J connectivity index is 5.01. The molecule has 1 atom stereocenters. The van der Waals surface area contributed by atoms with Gasteiger partial charge in [-0.15, -0.1) is 0 Å². The Kier molecular flexibility index (Phi) is 5.87. The Morgan fingerprint density at radius 1 is 1.06 bits per heavy atom. The lowest BCUT2D eigenvalue weighted by Gasteiger charge is -2.34. The van der Waals surface area contributed by atoms with E-state index in [2.05, 4.69) is 0 Å². The fourth-order valence-electron chi connectivity index (χ4n) is 1.37. The van der Waals surface area contributed by atoms with Gasteiger partial charge in [-0.2, -0.15) is 0 Å². The minimum atomic E-state index is -3.29. The normalized spacial score (nSPS) is 16.0. The molecule has 0 aliphatic carbocycles. The summed E-state index contributed by atoms with van der Waals surface area (Å²) in [5.41, 5.74) is 4.89. The van der Waals surface area contributed by atoms with Crippen LogP contribution < -0.4 is 5.73 Å². The lowest BCUT2D eigenvalue weighted by Crippen LogP contribution is -2.32. The largest absolute Gasteiger partial charge is 0.348 e. The van der Waals surface area contributed by atoms with Crippen molar-refractivity contribution in [1.29, 1.82) is 0 Å². The maximum atomic E-state index is 12.8. The molecule has 0 amide bonds. The zero-order valence-electron chi connectivity index (χ0n) is 12.2. The Morgan fingerprint density at radius 2 is 1.41 bits per heavy atom. The maximum Gasteiger partial charge on any atom is 0.348 e. The van der Waals surface area contributed by atoms with Crippen LogP contribution in [0.5, 0.6) is 0 Å². The van der Waals surface area contributed by atoms with Crippen LogP contribution in [0.3, 0.4) is 0 Å². The zero-order chi connectivity index (χ0) is 13.9. The molecule has 4 nitrogen and oxygen atoms in total. The molecule has 0 radical (unpaired) electrons. The summed E-state index contributed by atoms with van der Waals surface area (Å²) in [5, 5.41) is 0. The van der Waals surface area contributed by atoms with Crippen molar-refractivity contribution in [3.8, 4) is 0 Å². The first-order chi connectivity index (χ1) is 7.40. The lowest BCUT2D eigenvalue weighted by molar-refractivity contribution is 0.0447. The van der Waals surface area contributed by atoms with Crippen LogP contribution in [-0.2, 0) is 13.6 Å². The van der Waals surface area contributed by atoms with Gasteiger partial charge in [0.1, 0.15) is 5.78 Å². The van der Waals surface area contributed by atoms with Crippen LogP contribution in [0.1, 0.15) is 61.3 Å². The standard InChI is InChI=1S/C12H28NO3P/c1-8-9-10(13)17(14,15-11(2,3)4)16-12(5,6)7/h10H,8-9,13H2,1-7H3. The van der Waals surface area contributed by atoms with E-state index in [1.807, 2.05) is 48.5 Å². The number of nitrogens with two attached hydrogens (primary N) is 1. The summed E-state index contributed by atoms with van der Waals surface area (Å²) in [4.78, 5) is 0. The molecule has 0 fully saturated rings. The smallest absolute Gasteiger partial charge is 0.318 e. The average Bonchev–Trinajstić information content (AvgIpc) is 1.96. The summed E-state index contributed by atoms with van der Waals surface area (Å²) >= 11 is 0. The fraction of sp³-hybridized carbons (Fsp3) is 1.00. The van der Waals surface area contributed by atoms with Crippen molar-refractivity contribution in [2.45, 2.75) is 78.3 Å². The first kappa shape index (κ1) is 17.1. The van der Waals surface area contributed by atoms with Crippen molar-refractivity contribution in [3.05, 3.63) is 0 Å². The van der Waals surface area contributed by atoms with Gasteiger partial charge in [-0.1, -0.05) is 13.3 Å². The molecule has 0 aromatic heterocycles. The minimum absolute atomic E-state index is 0.536. The van der Waals surface area contributed by atoms with Crippen molar-refractivity contribution in [3.63, 3.8) is 0 Å². The third kappa shape index (κ3) is 7.20. The van der Waals surface area contributed by atoms with Gasteiger partial charge >= 0.3 is 7.60 Å². The highest BCUT2D eigenvalue weighted by molar-refractivity contribution is 7.54. The van der Waals surface area contributed by atoms with Crippen LogP contribution in [0, 0.1) is 0 Å². The molecule has 0 aromatic rings. The number of hydrogen-bond acceptors (Lipinski definition) is 4. The molecule has 2 N–H and O–H groups in total. The second-order valence-electron chi connectivity index (χ2n) is 6.30. The molecular weight excluding hydrogens is 237 g/mol. The Bertz CT molecular complexity index is 258. The Hall–Kier alpha value is 0.110. The van der Waals surface area contributed by atoms with E-state index >= 15 is 0 Å². The molecule has 0 spiro atoms. The monoisotopic (exact) mass is 265 g/mol. The van der Waals surface area contributed by atoms with Crippen LogP contribution >= 0.6 is 7.60 Å². The predicted octanol–water partition coefficient (Wildman–Crippen LogP) is 3.89. The highest BCUT2D eigenvalue weighted by Gasteiger charge is 2.40. The van der Waals surface area contributed by atoms with Gasteiger partial charge < -0.3 is 14.8 Å². The van der Waals surface area contributed by atoms with E-state index in [4.69, 9.17) is 14.8 Å². The Labute approximate surface area is 106 Å². The summed E-state index contributed by atoms with van der Waals surface area (Å²) in [6.07, 6.45) is 1.48. The zero-order valence-corrected chi connectivity index (χ0v) is 13.1. The van der Waals surface area contributed by atoms with Crippen molar-refractivity contribution >= 4 is 7.60 Å². The molecule has 0 aliphatic heterocycles. The van der Waals surface area contributed by atoms with Gasteiger partial charge in [0.15, 0.2) is 0 Å². The minimum Gasteiger partial charge on any atom is -0.318 e. The van der Waals surface area contributed by atoms with E-state index in [0.29, 0.717) is 6.42 Å².